The predicted octanol–water partition coefficient (Wildman–Crippen LogP) is 5.81. The first-order valence-corrected chi connectivity index (χ1v) is 7.02. The molecule has 0 aliphatic heterocycles. The minimum absolute atomic E-state index is 0.580. The molecule has 0 atom stereocenters. The summed E-state index contributed by atoms with van der Waals surface area (Å²) in [5.74, 6) is 1.01. The Balaban J connectivity index is 0.000000288. The van der Waals surface area contributed by atoms with E-state index in [0.29, 0.717) is 5.41 Å². The van der Waals surface area contributed by atoms with Crippen molar-refractivity contribution in [3.8, 4) is 0 Å². The Kier molecular flexibility index (Phi) is 8.19. The molecule has 0 heterocycles. The standard InChI is InChI=1S/C9H18.C6H14/c1-9(2,3)8-6-4-5-7-8;1-3-5-6-4-2/h8H,4-7H2,1-3H3;3-6H2,1-2H3. The van der Waals surface area contributed by atoms with E-state index >= 15 is 0 Å². The largest absolute Gasteiger partial charge is 0.0654 e. The third-order valence-electron chi connectivity index (χ3n) is 3.54. The van der Waals surface area contributed by atoms with Crippen molar-refractivity contribution in [1.82, 2.24) is 0 Å². The van der Waals surface area contributed by atoms with Gasteiger partial charge in [0.25, 0.3) is 0 Å². The lowest BCUT2D eigenvalue weighted by molar-refractivity contribution is 0.246. The van der Waals surface area contributed by atoms with Crippen molar-refractivity contribution in [2.75, 3.05) is 0 Å². The predicted molar refractivity (Wildman–Crippen MR) is 71.2 cm³/mol. The summed E-state index contributed by atoms with van der Waals surface area (Å²) in [7, 11) is 0. The van der Waals surface area contributed by atoms with Crippen LogP contribution in [0.25, 0.3) is 0 Å². The fourth-order valence-corrected chi connectivity index (χ4v) is 2.29. The molecule has 0 heteroatoms. The number of hydrogen-bond donors (Lipinski definition) is 0. The van der Waals surface area contributed by atoms with E-state index in [1.807, 2.05) is 0 Å². The first-order chi connectivity index (χ1) is 7.02. The number of rotatable bonds is 3. The molecule has 0 saturated heterocycles. The molecule has 1 saturated carbocycles. The van der Waals surface area contributed by atoms with Gasteiger partial charge in [-0.15, -0.1) is 0 Å². The average Bonchev–Trinajstić information content (AvgIpc) is 2.67. The highest BCUT2D eigenvalue weighted by atomic mass is 14.3. The molecule has 0 unspecified atom stereocenters. The van der Waals surface area contributed by atoms with Gasteiger partial charge in [-0.2, -0.15) is 0 Å². The first kappa shape index (κ1) is 15.0. The zero-order valence-corrected chi connectivity index (χ0v) is 11.7. The topological polar surface area (TPSA) is 0 Å². The molecule has 0 aromatic heterocycles. The van der Waals surface area contributed by atoms with E-state index in [-0.39, 0.29) is 0 Å². The second kappa shape index (κ2) is 8.19. The normalized spacial score (nSPS) is 17.4. The Morgan fingerprint density at radius 2 is 1.27 bits per heavy atom. The van der Waals surface area contributed by atoms with E-state index in [9.17, 15) is 0 Å². The van der Waals surface area contributed by atoms with Gasteiger partial charge in [0.05, 0.1) is 0 Å². The van der Waals surface area contributed by atoms with Crippen LogP contribution in [-0.4, -0.2) is 0 Å². The highest BCUT2D eigenvalue weighted by Gasteiger charge is 2.26. The van der Waals surface area contributed by atoms with Crippen LogP contribution < -0.4 is 0 Å². The van der Waals surface area contributed by atoms with Gasteiger partial charge in [-0.05, 0) is 24.2 Å². The molecule has 0 N–H and O–H groups in total. The summed E-state index contributed by atoms with van der Waals surface area (Å²) < 4.78 is 0. The Bertz CT molecular complexity index is 119. The van der Waals surface area contributed by atoms with Crippen molar-refractivity contribution in [2.24, 2.45) is 11.3 Å². The third kappa shape index (κ3) is 7.88. The SMILES string of the molecule is CC(C)(C)C1CCCC1.CCCCCC. The molecule has 1 fully saturated rings. The summed E-state index contributed by atoms with van der Waals surface area (Å²) in [6.45, 7) is 11.6. The Morgan fingerprint density at radius 3 is 1.47 bits per heavy atom. The van der Waals surface area contributed by atoms with Gasteiger partial charge in [0.1, 0.15) is 0 Å². The van der Waals surface area contributed by atoms with Crippen LogP contribution >= 0.6 is 0 Å². The second-order valence-electron chi connectivity index (χ2n) is 6.05. The molecule has 0 spiro atoms. The van der Waals surface area contributed by atoms with Crippen LogP contribution in [0.3, 0.4) is 0 Å². The van der Waals surface area contributed by atoms with Crippen LogP contribution in [0.5, 0.6) is 0 Å². The van der Waals surface area contributed by atoms with Gasteiger partial charge >= 0.3 is 0 Å². The number of unbranched alkanes of at least 4 members (excludes halogenated alkanes) is 3. The maximum Gasteiger partial charge on any atom is -0.0354 e. The maximum atomic E-state index is 2.36. The van der Waals surface area contributed by atoms with Crippen molar-refractivity contribution in [2.45, 2.75) is 86.0 Å². The molecule has 0 aromatic carbocycles. The zero-order chi connectivity index (χ0) is 11.7. The Hall–Kier alpha value is 0. The van der Waals surface area contributed by atoms with E-state index in [2.05, 4.69) is 34.6 Å². The van der Waals surface area contributed by atoms with Crippen LogP contribution in [-0.2, 0) is 0 Å². The molecule has 1 aliphatic carbocycles. The smallest absolute Gasteiger partial charge is 0.0354 e. The van der Waals surface area contributed by atoms with E-state index < -0.39 is 0 Å². The summed E-state index contributed by atoms with van der Waals surface area (Å²) in [4.78, 5) is 0. The van der Waals surface area contributed by atoms with Crippen LogP contribution in [0.4, 0.5) is 0 Å². The lowest BCUT2D eigenvalue weighted by Crippen LogP contribution is -2.16. The quantitative estimate of drug-likeness (QED) is 0.518. The lowest BCUT2D eigenvalue weighted by atomic mass is 9.80. The fourth-order valence-electron chi connectivity index (χ4n) is 2.29. The highest BCUT2D eigenvalue weighted by Crippen LogP contribution is 2.38. The van der Waals surface area contributed by atoms with Crippen molar-refractivity contribution in [1.29, 1.82) is 0 Å². The van der Waals surface area contributed by atoms with Gasteiger partial charge in [-0.1, -0.05) is 73.1 Å². The van der Waals surface area contributed by atoms with Gasteiger partial charge < -0.3 is 0 Å². The van der Waals surface area contributed by atoms with Gasteiger partial charge in [0.2, 0.25) is 0 Å². The van der Waals surface area contributed by atoms with E-state index in [4.69, 9.17) is 0 Å². The van der Waals surface area contributed by atoms with Crippen LogP contribution in [0.15, 0.2) is 0 Å². The van der Waals surface area contributed by atoms with Crippen LogP contribution in [0.2, 0.25) is 0 Å². The van der Waals surface area contributed by atoms with Gasteiger partial charge in [-0.3, -0.25) is 0 Å². The molecule has 1 aliphatic rings. The fraction of sp³-hybridized carbons (Fsp3) is 1.00. The minimum Gasteiger partial charge on any atom is -0.0654 e. The lowest BCUT2D eigenvalue weighted by Gasteiger charge is -2.26. The molecule has 0 nitrogen and oxygen atoms in total. The third-order valence-corrected chi connectivity index (χ3v) is 3.54. The molecule has 0 amide bonds. The van der Waals surface area contributed by atoms with Gasteiger partial charge in [0.15, 0.2) is 0 Å². The molecule has 0 radical (unpaired) electrons. The molecular formula is C15H32. The van der Waals surface area contributed by atoms with Crippen molar-refractivity contribution < 1.29 is 0 Å². The van der Waals surface area contributed by atoms with Crippen molar-refractivity contribution in [3.05, 3.63) is 0 Å². The number of hydrogen-bond acceptors (Lipinski definition) is 0. The molecule has 15 heavy (non-hydrogen) atoms. The highest BCUT2D eigenvalue weighted by molar-refractivity contribution is 4.78. The van der Waals surface area contributed by atoms with E-state index in [1.54, 1.807) is 0 Å². The molecule has 0 bridgehead atoms. The molecule has 0 aromatic rings. The minimum atomic E-state index is 0.580. The van der Waals surface area contributed by atoms with Crippen molar-refractivity contribution in [3.63, 3.8) is 0 Å². The summed E-state index contributed by atoms with van der Waals surface area (Å²) in [5.41, 5.74) is 0.580. The van der Waals surface area contributed by atoms with Gasteiger partial charge in [0, 0.05) is 0 Å². The molecule has 92 valence electrons. The monoisotopic (exact) mass is 212 g/mol. The second-order valence-corrected chi connectivity index (χ2v) is 6.05. The average molecular weight is 212 g/mol. The zero-order valence-electron chi connectivity index (χ0n) is 11.7. The summed E-state index contributed by atoms with van der Waals surface area (Å²) in [5, 5.41) is 0. The summed E-state index contributed by atoms with van der Waals surface area (Å²) in [6.07, 6.45) is 11.4. The van der Waals surface area contributed by atoms with E-state index in [1.165, 1.54) is 51.4 Å². The molecular weight excluding hydrogens is 180 g/mol. The Labute approximate surface area is 97.8 Å². The summed E-state index contributed by atoms with van der Waals surface area (Å²) >= 11 is 0. The van der Waals surface area contributed by atoms with E-state index in [0.717, 1.165) is 5.92 Å². The summed E-state index contributed by atoms with van der Waals surface area (Å²) in [6, 6.07) is 0. The van der Waals surface area contributed by atoms with Crippen molar-refractivity contribution >= 4 is 0 Å². The Morgan fingerprint density at radius 1 is 0.867 bits per heavy atom. The van der Waals surface area contributed by atoms with Gasteiger partial charge in [-0.25, -0.2) is 0 Å². The first-order valence-electron chi connectivity index (χ1n) is 7.02. The molecule has 1 rings (SSSR count). The van der Waals surface area contributed by atoms with Crippen LogP contribution in [0, 0.1) is 11.3 Å². The maximum absolute atomic E-state index is 2.36. The van der Waals surface area contributed by atoms with Crippen LogP contribution in [0.1, 0.15) is 86.0 Å².